The van der Waals surface area contributed by atoms with E-state index in [4.69, 9.17) is 64.2 Å². The summed E-state index contributed by atoms with van der Waals surface area (Å²) < 4.78 is 42.4. The van der Waals surface area contributed by atoms with Gasteiger partial charge in [-0.2, -0.15) is 42.1 Å². The van der Waals surface area contributed by atoms with Gasteiger partial charge >= 0.3 is 47.8 Å². The van der Waals surface area contributed by atoms with Gasteiger partial charge < -0.3 is 37.9 Å². The number of hydrogen-bond acceptors (Lipinski definition) is 24. The van der Waals surface area contributed by atoms with Crippen LogP contribution in [0.4, 0.5) is 0 Å². The quantitative estimate of drug-likeness (QED) is 0.0465. The average molecular weight is 1020 g/mol. The van der Waals surface area contributed by atoms with E-state index in [1.165, 1.54) is 0 Å². The second-order valence-electron chi connectivity index (χ2n) is 15.9. The van der Waals surface area contributed by atoms with Crippen LogP contribution in [0.15, 0.2) is 0 Å². The summed E-state index contributed by atoms with van der Waals surface area (Å²) in [6.07, 6.45) is -5.57. The predicted molar refractivity (Wildman–Crippen MR) is 241 cm³/mol. The number of nitriles is 8. The lowest BCUT2D eigenvalue weighted by molar-refractivity contribution is -0.157. The molecule has 0 aromatic heterocycles. The molecule has 0 radical (unpaired) electrons. The van der Waals surface area contributed by atoms with Crippen LogP contribution in [0.1, 0.15) is 116 Å². The Balaban J connectivity index is 7.77. The van der Waals surface area contributed by atoms with Crippen LogP contribution in [0, 0.1) is 132 Å². The van der Waals surface area contributed by atoms with Crippen molar-refractivity contribution in [1.29, 1.82) is 42.1 Å². The first kappa shape index (κ1) is 64.7. The van der Waals surface area contributed by atoms with Gasteiger partial charge in [-0.1, -0.05) is 6.92 Å². The van der Waals surface area contributed by atoms with E-state index < -0.39 is 154 Å². The SMILES string of the molecule is CCC(CC(CC(CC(CC(CC(CC(CCC(=O)OCCC#N)C(=O)OCCC#N)C(=O)OCCC#N)C(=O)OCCC#N)C(=O)OCCC#N)C(=O)OCCC#N)C(=O)OCCC#N)C(=O)OCCC#N. The summed E-state index contributed by atoms with van der Waals surface area (Å²) in [4.78, 5) is 109. The molecular weight excluding hydrogens is 957 g/mol. The molecule has 392 valence electrons. The van der Waals surface area contributed by atoms with Gasteiger partial charge in [-0.3, -0.25) is 38.4 Å². The van der Waals surface area contributed by atoms with Gasteiger partial charge in [0.2, 0.25) is 0 Å². The van der Waals surface area contributed by atoms with Gasteiger partial charge in [0, 0.05) is 6.42 Å². The first-order valence-electron chi connectivity index (χ1n) is 23.5. The molecule has 0 amide bonds. The van der Waals surface area contributed by atoms with Crippen LogP contribution in [-0.4, -0.2) is 101 Å². The second kappa shape index (κ2) is 41.5. The average Bonchev–Trinajstić information content (AvgIpc) is 3.37. The summed E-state index contributed by atoms with van der Waals surface area (Å²) in [6, 6.07) is 14.5. The molecule has 0 bridgehead atoms. The lowest BCUT2D eigenvalue weighted by Gasteiger charge is -2.29. The van der Waals surface area contributed by atoms with Crippen LogP contribution >= 0.6 is 0 Å². The molecule has 0 saturated heterocycles. The molecular formula is C49H60N8O16. The summed E-state index contributed by atoms with van der Waals surface area (Å²) in [5, 5.41) is 72.7. The van der Waals surface area contributed by atoms with E-state index in [9.17, 15) is 54.1 Å². The maximum atomic E-state index is 14.1. The lowest BCUT2D eigenvalue weighted by atomic mass is 9.78. The van der Waals surface area contributed by atoms with Gasteiger partial charge in [-0.25, -0.2) is 0 Å². The number of carbonyl (C=O) groups is 8. The molecule has 0 aliphatic heterocycles. The van der Waals surface area contributed by atoms with Crippen molar-refractivity contribution in [2.75, 3.05) is 52.9 Å². The normalized spacial score (nSPS) is 12.9. The maximum Gasteiger partial charge on any atom is 0.309 e. The molecule has 73 heavy (non-hydrogen) atoms. The second-order valence-corrected chi connectivity index (χ2v) is 15.9. The van der Waals surface area contributed by atoms with Crippen LogP contribution in [-0.2, 0) is 76.3 Å². The van der Waals surface area contributed by atoms with Crippen molar-refractivity contribution in [1.82, 2.24) is 0 Å². The largest absolute Gasteiger partial charge is 0.465 e. The van der Waals surface area contributed by atoms with E-state index >= 15 is 0 Å². The molecule has 0 aromatic rings. The van der Waals surface area contributed by atoms with Gasteiger partial charge in [-0.15, -0.1) is 0 Å². The number of rotatable bonds is 39. The van der Waals surface area contributed by atoms with Crippen molar-refractivity contribution in [2.45, 2.75) is 116 Å². The predicted octanol–water partition coefficient (Wildman–Crippen LogP) is 4.49. The molecule has 0 rings (SSSR count). The smallest absolute Gasteiger partial charge is 0.309 e. The molecule has 0 aromatic carbocycles. The van der Waals surface area contributed by atoms with Crippen molar-refractivity contribution in [3.8, 4) is 48.6 Å². The summed E-state index contributed by atoms with van der Waals surface area (Å²) in [5.74, 6) is -17.5. The van der Waals surface area contributed by atoms with E-state index in [1.807, 2.05) is 36.4 Å². The van der Waals surface area contributed by atoms with Crippen molar-refractivity contribution >= 4 is 47.8 Å². The minimum absolute atomic E-state index is 0.110. The standard InChI is InChI=1S/C49H60N8O16/c1-2-35(43(59)67-22-4-14-51)29-37(45(61)69-24-6-16-53)31-39(47(63)71-26-8-18-55)33-41(49(65)73-28-10-20-57)34-40(48(64)72-27-9-19-56)32-38(46(62)70-25-7-17-54)30-36(44(60)68-23-5-15-52)11-12-42(58)66-21-3-13-50/h35-41H,2-12,21-34H2,1H3. The first-order chi connectivity index (χ1) is 35.2. The lowest BCUT2D eigenvalue weighted by Crippen LogP contribution is -2.35. The molecule has 7 unspecified atom stereocenters. The summed E-state index contributed by atoms with van der Waals surface area (Å²) in [7, 11) is 0. The number of carbonyl (C=O) groups excluding carboxylic acids is 8. The van der Waals surface area contributed by atoms with Crippen molar-refractivity contribution in [2.24, 2.45) is 41.4 Å². The Hall–Kier alpha value is -8.32. The zero-order chi connectivity index (χ0) is 54.7. The maximum absolute atomic E-state index is 14.1. The van der Waals surface area contributed by atoms with Gasteiger partial charge in [0.05, 0.1) is 141 Å². The van der Waals surface area contributed by atoms with E-state index in [-0.39, 0.29) is 97.1 Å². The van der Waals surface area contributed by atoms with E-state index in [0.717, 1.165) is 0 Å². The fraction of sp³-hybridized carbons (Fsp3) is 0.673. The Morgan fingerprint density at radius 3 is 0.726 bits per heavy atom. The first-order valence-corrected chi connectivity index (χ1v) is 23.5. The van der Waals surface area contributed by atoms with Crippen LogP contribution < -0.4 is 0 Å². The van der Waals surface area contributed by atoms with Crippen molar-refractivity contribution in [3.05, 3.63) is 0 Å². The monoisotopic (exact) mass is 1020 g/mol. The third kappa shape index (κ3) is 29.5. The van der Waals surface area contributed by atoms with Crippen LogP contribution in [0.3, 0.4) is 0 Å². The molecule has 7 atom stereocenters. The van der Waals surface area contributed by atoms with Gasteiger partial charge in [0.15, 0.2) is 0 Å². The van der Waals surface area contributed by atoms with Gasteiger partial charge in [-0.05, 0) is 51.4 Å². The molecule has 24 heteroatoms. The Morgan fingerprint density at radius 2 is 0.493 bits per heavy atom. The van der Waals surface area contributed by atoms with E-state index in [0.29, 0.717) is 0 Å². The number of hydrogen-bond donors (Lipinski definition) is 0. The molecule has 0 saturated carbocycles. The van der Waals surface area contributed by atoms with Gasteiger partial charge in [0.1, 0.15) is 52.9 Å². The minimum Gasteiger partial charge on any atom is -0.465 e. The number of esters is 8. The van der Waals surface area contributed by atoms with Crippen LogP contribution in [0.25, 0.3) is 0 Å². The van der Waals surface area contributed by atoms with Crippen molar-refractivity contribution in [3.63, 3.8) is 0 Å². The minimum atomic E-state index is -1.56. The molecule has 24 nitrogen and oxygen atoms in total. The highest BCUT2D eigenvalue weighted by atomic mass is 16.6. The van der Waals surface area contributed by atoms with Crippen LogP contribution in [0.2, 0.25) is 0 Å². The fourth-order valence-electron chi connectivity index (χ4n) is 7.05. The Labute approximate surface area is 424 Å². The van der Waals surface area contributed by atoms with E-state index in [1.54, 1.807) is 19.1 Å². The third-order valence-electron chi connectivity index (χ3n) is 10.6. The Kier molecular flexibility index (Phi) is 36.7. The molecule has 0 heterocycles. The molecule has 0 fully saturated rings. The third-order valence-corrected chi connectivity index (χ3v) is 10.6. The van der Waals surface area contributed by atoms with E-state index in [2.05, 4.69) is 0 Å². The Bertz CT molecular complexity index is 2150. The fourth-order valence-corrected chi connectivity index (χ4v) is 7.05. The zero-order valence-corrected chi connectivity index (χ0v) is 40.8. The highest BCUT2D eigenvalue weighted by Crippen LogP contribution is 2.35. The molecule has 0 N–H and O–H groups in total. The number of nitrogens with zero attached hydrogens (tertiary/aromatic N) is 8. The van der Waals surface area contributed by atoms with Gasteiger partial charge in [0.25, 0.3) is 0 Å². The Morgan fingerprint density at radius 1 is 0.301 bits per heavy atom. The highest BCUT2D eigenvalue weighted by Gasteiger charge is 2.40. The topological polar surface area (TPSA) is 401 Å². The van der Waals surface area contributed by atoms with Crippen LogP contribution in [0.5, 0.6) is 0 Å². The summed E-state index contributed by atoms with van der Waals surface area (Å²) >= 11 is 0. The summed E-state index contributed by atoms with van der Waals surface area (Å²) in [6.45, 7) is -1.45. The molecule has 0 spiro atoms. The molecule has 0 aliphatic rings. The highest BCUT2D eigenvalue weighted by molar-refractivity contribution is 5.81. The van der Waals surface area contributed by atoms with Crippen molar-refractivity contribution < 1.29 is 76.3 Å². The summed E-state index contributed by atoms with van der Waals surface area (Å²) in [5.41, 5.74) is 0. The number of ether oxygens (including phenoxy) is 8. The zero-order valence-electron chi connectivity index (χ0n) is 40.8. The molecule has 0 aliphatic carbocycles.